The van der Waals surface area contributed by atoms with Gasteiger partial charge >= 0.3 is 5.97 Å². The van der Waals surface area contributed by atoms with Gasteiger partial charge in [0.15, 0.2) is 5.82 Å². The number of fused-ring (bicyclic) bond motifs is 1. The molecule has 0 unspecified atom stereocenters. The normalized spacial score (nSPS) is 10.9. The average Bonchev–Trinajstić information content (AvgIpc) is 2.45. The Morgan fingerprint density at radius 2 is 2.25 bits per heavy atom. The van der Waals surface area contributed by atoms with Crippen LogP contribution in [0.3, 0.4) is 0 Å². The summed E-state index contributed by atoms with van der Waals surface area (Å²) < 4.78 is 23.7. The molecule has 0 aliphatic carbocycles. The number of nitrogens with zero attached hydrogens (tertiary/aromatic N) is 1. The van der Waals surface area contributed by atoms with E-state index in [0.29, 0.717) is 23.3 Å². The van der Waals surface area contributed by atoms with E-state index in [1.807, 2.05) is 0 Å². The standard InChI is InChI=1S/C15H14FNO3/c1-3-20-14(18)5-4-10-6-7-17-15-12(10)8-11(19-2)9-13(15)16/h4-9H,3H2,1-2H3. The molecular formula is C15H14FNO3. The molecule has 2 aromatic rings. The van der Waals surface area contributed by atoms with Crippen LogP contribution in [0, 0.1) is 5.82 Å². The molecular weight excluding hydrogens is 261 g/mol. The van der Waals surface area contributed by atoms with Crippen molar-refractivity contribution in [3.8, 4) is 5.75 Å². The first-order valence-electron chi connectivity index (χ1n) is 6.12. The highest BCUT2D eigenvalue weighted by atomic mass is 19.1. The molecule has 0 aliphatic rings. The fourth-order valence-electron chi connectivity index (χ4n) is 1.82. The van der Waals surface area contributed by atoms with E-state index >= 15 is 0 Å². The van der Waals surface area contributed by atoms with Crippen LogP contribution in [0.4, 0.5) is 4.39 Å². The van der Waals surface area contributed by atoms with Gasteiger partial charge < -0.3 is 9.47 Å². The Morgan fingerprint density at radius 3 is 2.95 bits per heavy atom. The Kier molecular flexibility index (Phi) is 4.30. The van der Waals surface area contributed by atoms with Gasteiger partial charge in [0.05, 0.1) is 13.7 Å². The minimum absolute atomic E-state index is 0.233. The predicted molar refractivity (Wildman–Crippen MR) is 73.9 cm³/mol. The van der Waals surface area contributed by atoms with Crippen LogP contribution in [0.25, 0.3) is 17.0 Å². The van der Waals surface area contributed by atoms with Crippen LogP contribution in [0.1, 0.15) is 12.5 Å². The molecule has 0 bridgehead atoms. The van der Waals surface area contributed by atoms with Crippen molar-refractivity contribution < 1.29 is 18.7 Å². The zero-order valence-corrected chi connectivity index (χ0v) is 11.2. The zero-order chi connectivity index (χ0) is 14.5. The fraction of sp³-hybridized carbons (Fsp3) is 0.200. The number of carbonyl (C=O) groups is 1. The number of carbonyl (C=O) groups excluding carboxylic acids is 1. The molecule has 104 valence electrons. The van der Waals surface area contributed by atoms with Crippen molar-refractivity contribution >= 4 is 22.9 Å². The van der Waals surface area contributed by atoms with Crippen molar-refractivity contribution in [1.29, 1.82) is 0 Å². The van der Waals surface area contributed by atoms with Crippen molar-refractivity contribution in [2.45, 2.75) is 6.92 Å². The van der Waals surface area contributed by atoms with E-state index in [4.69, 9.17) is 9.47 Å². The van der Waals surface area contributed by atoms with E-state index in [1.165, 1.54) is 25.4 Å². The van der Waals surface area contributed by atoms with Crippen LogP contribution >= 0.6 is 0 Å². The summed E-state index contributed by atoms with van der Waals surface area (Å²) >= 11 is 0. The molecule has 2 rings (SSSR count). The predicted octanol–water partition coefficient (Wildman–Crippen LogP) is 2.96. The molecule has 1 aromatic heterocycles. The van der Waals surface area contributed by atoms with Crippen LogP contribution in [-0.4, -0.2) is 24.7 Å². The van der Waals surface area contributed by atoms with Gasteiger partial charge in [-0.05, 0) is 30.7 Å². The lowest BCUT2D eigenvalue weighted by atomic mass is 10.1. The van der Waals surface area contributed by atoms with Gasteiger partial charge in [-0.3, -0.25) is 4.98 Å². The molecule has 0 atom stereocenters. The zero-order valence-electron chi connectivity index (χ0n) is 11.2. The second-order valence-electron chi connectivity index (χ2n) is 3.99. The highest BCUT2D eigenvalue weighted by Crippen LogP contribution is 2.26. The van der Waals surface area contributed by atoms with Crippen LogP contribution in [-0.2, 0) is 9.53 Å². The Morgan fingerprint density at radius 1 is 1.45 bits per heavy atom. The molecule has 0 saturated heterocycles. The molecule has 0 N–H and O–H groups in total. The van der Waals surface area contributed by atoms with Crippen molar-refractivity contribution in [2.24, 2.45) is 0 Å². The Labute approximate surface area is 115 Å². The topological polar surface area (TPSA) is 48.4 Å². The summed E-state index contributed by atoms with van der Waals surface area (Å²) in [5.41, 5.74) is 0.901. The fourth-order valence-corrected chi connectivity index (χ4v) is 1.82. The van der Waals surface area contributed by atoms with Crippen molar-refractivity contribution in [1.82, 2.24) is 4.98 Å². The molecule has 1 heterocycles. The Bertz CT molecular complexity index is 667. The number of aromatic nitrogens is 1. The Hall–Kier alpha value is -2.43. The van der Waals surface area contributed by atoms with Gasteiger partial charge in [-0.1, -0.05) is 0 Å². The van der Waals surface area contributed by atoms with Gasteiger partial charge in [-0.25, -0.2) is 9.18 Å². The van der Waals surface area contributed by atoms with Crippen molar-refractivity contribution in [3.63, 3.8) is 0 Å². The number of benzene rings is 1. The van der Waals surface area contributed by atoms with Gasteiger partial charge in [-0.15, -0.1) is 0 Å². The van der Waals surface area contributed by atoms with Gasteiger partial charge in [0.1, 0.15) is 11.3 Å². The van der Waals surface area contributed by atoms with E-state index in [9.17, 15) is 9.18 Å². The average molecular weight is 275 g/mol. The van der Waals surface area contributed by atoms with Crippen LogP contribution < -0.4 is 4.74 Å². The number of esters is 1. The van der Waals surface area contributed by atoms with Crippen LogP contribution in [0.2, 0.25) is 0 Å². The second kappa shape index (κ2) is 6.14. The monoisotopic (exact) mass is 275 g/mol. The lowest BCUT2D eigenvalue weighted by Gasteiger charge is -2.06. The van der Waals surface area contributed by atoms with Crippen molar-refractivity contribution in [3.05, 3.63) is 41.9 Å². The lowest BCUT2D eigenvalue weighted by Crippen LogP contribution is -1.98. The minimum Gasteiger partial charge on any atom is -0.497 e. The number of methoxy groups -OCH3 is 1. The van der Waals surface area contributed by atoms with Gasteiger partial charge in [0.2, 0.25) is 0 Å². The van der Waals surface area contributed by atoms with Crippen LogP contribution in [0.15, 0.2) is 30.5 Å². The lowest BCUT2D eigenvalue weighted by molar-refractivity contribution is -0.137. The molecule has 0 saturated carbocycles. The number of ether oxygens (including phenoxy) is 2. The van der Waals surface area contributed by atoms with E-state index < -0.39 is 11.8 Å². The van der Waals surface area contributed by atoms with E-state index in [1.54, 1.807) is 25.1 Å². The number of hydrogen-bond donors (Lipinski definition) is 0. The Balaban J connectivity index is 2.48. The maximum atomic E-state index is 13.9. The van der Waals surface area contributed by atoms with Crippen LogP contribution in [0.5, 0.6) is 5.75 Å². The number of rotatable bonds is 4. The minimum atomic E-state index is -0.467. The third-order valence-corrected chi connectivity index (χ3v) is 2.73. The van der Waals surface area contributed by atoms with E-state index in [0.717, 1.165) is 0 Å². The maximum Gasteiger partial charge on any atom is 0.330 e. The van der Waals surface area contributed by atoms with Crippen molar-refractivity contribution in [2.75, 3.05) is 13.7 Å². The summed E-state index contributed by atoms with van der Waals surface area (Å²) in [6.45, 7) is 2.04. The van der Waals surface area contributed by atoms with Gasteiger partial charge in [-0.2, -0.15) is 0 Å². The molecule has 0 radical (unpaired) electrons. The van der Waals surface area contributed by atoms with E-state index in [2.05, 4.69) is 4.98 Å². The summed E-state index contributed by atoms with van der Waals surface area (Å²) in [4.78, 5) is 15.3. The smallest absolute Gasteiger partial charge is 0.330 e. The third kappa shape index (κ3) is 2.93. The van der Waals surface area contributed by atoms with Gasteiger partial charge in [0, 0.05) is 23.7 Å². The molecule has 20 heavy (non-hydrogen) atoms. The van der Waals surface area contributed by atoms with E-state index in [-0.39, 0.29) is 5.52 Å². The first-order valence-corrected chi connectivity index (χ1v) is 6.12. The highest BCUT2D eigenvalue weighted by Gasteiger charge is 2.08. The summed E-state index contributed by atoms with van der Waals surface area (Å²) in [6, 6.07) is 4.64. The highest BCUT2D eigenvalue weighted by molar-refractivity contribution is 5.94. The van der Waals surface area contributed by atoms with Gasteiger partial charge in [0.25, 0.3) is 0 Å². The largest absolute Gasteiger partial charge is 0.497 e. The summed E-state index contributed by atoms with van der Waals surface area (Å²) in [7, 11) is 1.46. The third-order valence-electron chi connectivity index (χ3n) is 2.73. The molecule has 0 aliphatic heterocycles. The summed E-state index contributed by atoms with van der Waals surface area (Å²) in [5, 5.41) is 0.574. The maximum absolute atomic E-state index is 13.9. The molecule has 5 heteroatoms. The summed E-state index contributed by atoms with van der Waals surface area (Å²) in [6.07, 6.45) is 4.36. The number of hydrogen-bond acceptors (Lipinski definition) is 4. The second-order valence-corrected chi connectivity index (χ2v) is 3.99. The molecule has 1 aromatic carbocycles. The molecule has 0 spiro atoms. The molecule has 0 fully saturated rings. The number of halogens is 1. The molecule has 4 nitrogen and oxygen atoms in total. The molecule has 0 amide bonds. The first kappa shape index (κ1) is 14.0. The quantitative estimate of drug-likeness (QED) is 0.636. The first-order chi connectivity index (χ1) is 9.65. The number of pyridine rings is 1. The summed E-state index contributed by atoms with van der Waals surface area (Å²) in [5.74, 6) is -0.514. The SMILES string of the molecule is CCOC(=O)C=Cc1ccnc2c(F)cc(OC)cc12.